The Labute approximate surface area is 154 Å². The minimum absolute atomic E-state index is 0.00768. The molecule has 0 atom stereocenters. The van der Waals surface area contributed by atoms with Gasteiger partial charge in [-0.1, -0.05) is 30.3 Å². The number of rotatable bonds is 5. The second-order valence-electron chi connectivity index (χ2n) is 6.05. The predicted molar refractivity (Wildman–Crippen MR) is 102 cm³/mol. The van der Waals surface area contributed by atoms with Crippen LogP contribution in [0.15, 0.2) is 60.9 Å². The number of non-ortho nitro benzene ring substituents is 1. The Hall–Kier alpha value is -3.81. The number of pyridine rings is 1. The van der Waals surface area contributed by atoms with Crippen molar-refractivity contribution in [2.45, 2.75) is 13.5 Å². The zero-order valence-electron chi connectivity index (χ0n) is 14.5. The first-order chi connectivity index (χ1) is 13.1. The summed E-state index contributed by atoms with van der Waals surface area (Å²) in [6.07, 6.45) is 1.66. The zero-order valence-corrected chi connectivity index (χ0v) is 14.5. The highest BCUT2D eigenvalue weighted by molar-refractivity contribution is 5.96. The minimum atomic E-state index is -0.412. The maximum atomic E-state index is 11.3. The van der Waals surface area contributed by atoms with Crippen LogP contribution in [0.3, 0.4) is 0 Å². The number of nitrogens with one attached hydrogen (secondary N) is 1. The molecule has 2 aromatic heterocycles. The van der Waals surface area contributed by atoms with Crippen LogP contribution in [0.1, 0.15) is 11.5 Å². The lowest BCUT2D eigenvalue weighted by Crippen LogP contribution is -2.08. The van der Waals surface area contributed by atoms with Crippen molar-refractivity contribution in [2.75, 3.05) is 5.32 Å². The Morgan fingerprint density at radius 1 is 1.15 bits per heavy atom. The minimum Gasteiger partial charge on any atom is -0.377 e. The standard InChI is InChI=1S/C19H16N6O2/c1-13-10-16(15-8-5-9-17(25(26)27)19(15)22-13)20-11-18-23-21-12-24(18)14-6-3-2-4-7-14/h2-10,12H,11H2,1H3,(H,20,22). The molecule has 4 aromatic rings. The summed E-state index contributed by atoms with van der Waals surface area (Å²) in [6.45, 7) is 2.23. The van der Waals surface area contributed by atoms with E-state index in [1.807, 2.05) is 54.0 Å². The fourth-order valence-electron chi connectivity index (χ4n) is 3.01. The van der Waals surface area contributed by atoms with Crippen LogP contribution in [0.4, 0.5) is 11.4 Å². The van der Waals surface area contributed by atoms with Gasteiger partial charge < -0.3 is 5.32 Å². The van der Waals surface area contributed by atoms with Gasteiger partial charge in [0.1, 0.15) is 6.33 Å². The second-order valence-corrected chi connectivity index (χ2v) is 6.05. The van der Waals surface area contributed by atoms with Gasteiger partial charge in [-0.25, -0.2) is 4.98 Å². The summed E-state index contributed by atoms with van der Waals surface area (Å²) in [7, 11) is 0. The Morgan fingerprint density at radius 2 is 1.96 bits per heavy atom. The van der Waals surface area contributed by atoms with Crippen molar-refractivity contribution in [3.63, 3.8) is 0 Å². The molecule has 4 rings (SSSR count). The first-order valence-electron chi connectivity index (χ1n) is 8.36. The molecule has 0 unspecified atom stereocenters. The quantitative estimate of drug-likeness (QED) is 0.431. The van der Waals surface area contributed by atoms with Crippen molar-refractivity contribution < 1.29 is 4.92 Å². The van der Waals surface area contributed by atoms with Crippen LogP contribution in [0, 0.1) is 17.0 Å². The van der Waals surface area contributed by atoms with E-state index in [9.17, 15) is 10.1 Å². The van der Waals surface area contributed by atoms with Gasteiger partial charge in [0.25, 0.3) is 5.69 Å². The summed E-state index contributed by atoms with van der Waals surface area (Å²) in [6, 6.07) is 16.6. The van der Waals surface area contributed by atoms with Crippen LogP contribution < -0.4 is 5.32 Å². The molecule has 0 fully saturated rings. The number of hydrogen-bond donors (Lipinski definition) is 1. The largest absolute Gasteiger partial charge is 0.377 e. The SMILES string of the molecule is Cc1cc(NCc2nncn2-c2ccccc2)c2cccc([N+](=O)[O-])c2n1. The van der Waals surface area contributed by atoms with Crippen molar-refractivity contribution >= 4 is 22.3 Å². The lowest BCUT2D eigenvalue weighted by atomic mass is 10.1. The topological polar surface area (TPSA) is 98.8 Å². The highest BCUT2D eigenvalue weighted by Gasteiger charge is 2.16. The number of nitro benzene ring substituents is 1. The molecule has 0 bridgehead atoms. The third kappa shape index (κ3) is 3.20. The first kappa shape index (κ1) is 16.6. The van der Waals surface area contributed by atoms with Gasteiger partial charge in [0.05, 0.1) is 11.5 Å². The van der Waals surface area contributed by atoms with Gasteiger partial charge in [0, 0.05) is 28.5 Å². The highest BCUT2D eigenvalue weighted by Crippen LogP contribution is 2.30. The predicted octanol–water partition coefficient (Wildman–Crippen LogP) is 3.64. The molecule has 27 heavy (non-hydrogen) atoms. The van der Waals surface area contributed by atoms with Crippen molar-refractivity contribution in [3.8, 4) is 5.69 Å². The van der Waals surface area contributed by atoms with Crippen LogP contribution in [-0.2, 0) is 6.54 Å². The first-order valence-corrected chi connectivity index (χ1v) is 8.36. The number of hydrogen-bond acceptors (Lipinski definition) is 6. The normalized spacial score (nSPS) is 10.9. The van der Waals surface area contributed by atoms with Gasteiger partial charge in [0.2, 0.25) is 0 Å². The number of nitrogens with zero attached hydrogens (tertiary/aromatic N) is 5. The van der Waals surface area contributed by atoms with E-state index in [0.717, 1.165) is 17.2 Å². The monoisotopic (exact) mass is 360 g/mol. The van der Waals surface area contributed by atoms with Gasteiger partial charge in [-0.15, -0.1) is 10.2 Å². The summed E-state index contributed by atoms with van der Waals surface area (Å²) in [4.78, 5) is 15.2. The summed E-state index contributed by atoms with van der Waals surface area (Å²) in [5.41, 5.74) is 2.79. The molecule has 0 saturated heterocycles. The van der Waals surface area contributed by atoms with Crippen molar-refractivity contribution in [1.29, 1.82) is 0 Å². The third-order valence-electron chi connectivity index (χ3n) is 4.23. The van der Waals surface area contributed by atoms with Gasteiger partial charge >= 0.3 is 0 Å². The van der Waals surface area contributed by atoms with Crippen molar-refractivity contribution in [1.82, 2.24) is 19.7 Å². The van der Waals surface area contributed by atoms with Gasteiger partial charge in [0.15, 0.2) is 11.3 Å². The van der Waals surface area contributed by atoms with Crippen LogP contribution >= 0.6 is 0 Å². The molecule has 2 heterocycles. The van der Waals surface area contributed by atoms with E-state index in [1.165, 1.54) is 6.07 Å². The molecule has 8 heteroatoms. The van der Waals surface area contributed by atoms with E-state index >= 15 is 0 Å². The highest BCUT2D eigenvalue weighted by atomic mass is 16.6. The smallest absolute Gasteiger partial charge is 0.295 e. The fourth-order valence-corrected chi connectivity index (χ4v) is 3.01. The third-order valence-corrected chi connectivity index (χ3v) is 4.23. The second kappa shape index (κ2) is 6.83. The van der Waals surface area contributed by atoms with Crippen LogP contribution in [0.5, 0.6) is 0 Å². The molecule has 0 aliphatic carbocycles. The van der Waals surface area contributed by atoms with Crippen molar-refractivity contribution in [3.05, 3.63) is 82.6 Å². The van der Waals surface area contributed by atoms with E-state index in [2.05, 4.69) is 20.5 Å². The number of nitro groups is 1. The Kier molecular flexibility index (Phi) is 4.21. The number of para-hydroxylation sites is 2. The zero-order chi connectivity index (χ0) is 18.8. The van der Waals surface area contributed by atoms with E-state index in [4.69, 9.17) is 0 Å². The van der Waals surface area contributed by atoms with E-state index in [1.54, 1.807) is 12.4 Å². The summed E-state index contributed by atoms with van der Waals surface area (Å²) in [5.74, 6) is 0.731. The number of anilines is 1. The molecule has 134 valence electrons. The van der Waals surface area contributed by atoms with Gasteiger partial charge in [-0.05, 0) is 25.1 Å². The Bertz CT molecular complexity index is 1120. The molecule has 1 N–H and O–H groups in total. The average molecular weight is 360 g/mol. The molecule has 0 saturated carbocycles. The molecule has 0 amide bonds. The summed E-state index contributed by atoms with van der Waals surface area (Å²) < 4.78 is 1.89. The fraction of sp³-hybridized carbons (Fsp3) is 0.105. The number of aryl methyl sites for hydroxylation is 1. The van der Waals surface area contributed by atoms with E-state index in [0.29, 0.717) is 23.1 Å². The molecule has 0 aliphatic rings. The lowest BCUT2D eigenvalue weighted by molar-refractivity contribution is -0.383. The van der Waals surface area contributed by atoms with Gasteiger partial charge in [-0.2, -0.15) is 0 Å². The molecule has 0 spiro atoms. The van der Waals surface area contributed by atoms with Crippen LogP contribution in [-0.4, -0.2) is 24.7 Å². The van der Waals surface area contributed by atoms with Crippen molar-refractivity contribution in [2.24, 2.45) is 0 Å². The molecular weight excluding hydrogens is 344 g/mol. The van der Waals surface area contributed by atoms with E-state index in [-0.39, 0.29) is 5.69 Å². The molecule has 8 nitrogen and oxygen atoms in total. The van der Waals surface area contributed by atoms with Crippen LogP contribution in [0.2, 0.25) is 0 Å². The van der Waals surface area contributed by atoms with Gasteiger partial charge in [-0.3, -0.25) is 14.7 Å². The number of fused-ring (bicyclic) bond motifs is 1. The molecule has 0 radical (unpaired) electrons. The number of aromatic nitrogens is 4. The summed E-state index contributed by atoms with van der Waals surface area (Å²) >= 11 is 0. The maximum Gasteiger partial charge on any atom is 0.295 e. The van der Waals surface area contributed by atoms with Crippen LogP contribution in [0.25, 0.3) is 16.6 Å². The molecule has 2 aromatic carbocycles. The Morgan fingerprint density at radius 3 is 2.74 bits per heavy atom. The average Bonchev–Trinajstić information content (AvgIpc) is 3.14. The lowest BCUT2D eigenvalue weighted by Gasteiger charge is -2.11. The molecular formula is C19H16N6O2. The van der Waals surface area contributed by atoms with E-state index < -0.39 is 4.92 Å². The summed E-state index contributed by atoms with van der Waals surface area (Å²) in [5, 5.41) is 23.5. The Balaban J connectivity index is 1.69. The maximum absolute atomic E-state index is 11.3. The number of benzene rings is 2. The molecule has 0 aliphatic heterocycles.